The maximum atomic E-state index is 6.06. The third kappa shape index (κ3) is 4.43. The Morgan fingerprint density at radius 3 is 2.72 bits per heavy atom. The van der Waals surface area contributed by atoms with E-state index < -0.39 is 0 Å². The minimum Gasteiger partial charge on any atom is -0.493 e. The first-order valence-corrected chi connectivity index (χ1v) is 8.65. The largest absolute Gasteiger partial charge is 0.493 e. The SMILES string of the molecule is COc1ccc(Br)c(CNn2cnnc2)c1OCc1cccc(Cl)c1. The molecular weight excluding hydrogens is 408 g/mol. The Labute approximate surface area is 158 Å². The number of halogens is 2. The van der Waals surface area contributed by atoms with Crippen LogP contribution in [-0.2, 0) is 13.2 Å². The summed E-state index contributed by atoms with van der Waals surface area (Å²) in [6, 6.07) is 11.4. The zero-order chi connectivity index (χ0) is 17.6. The Balaban J connectivity index is 1.83. The van der Waals surface area contributed by atoms with Crippen LogP contribution >= 0.6 is 27.5 Å². The molecule has 3 rings (SSSR count). The first kappa shape index (κ1) is 17.6. The number of nitrogens with zero attached hydrogens (tertiary/aromatic N) is 3. The van der Waals surface area contributed by atoms with Crippen LogP contribution in [-0.4, -0.2) is 22.0 Å². The van der Waals surface area contributed by atoms with Crippen molar-refractivity contribution >= 4 is 27.5 Å². The van der Waals surface area contributed by atoms with Gasteiger partial charge in [-0.2, -0.15) is 0 Å². The third-order valence-corrected chi connectivity index (χ3v) is 4.49. The van der Waals surface area contributed by atoms with Crippen LogP contribution in [0.5, 0.6) is 11.5 Å². The van der Waals surface area contributed by atoms with Gasteiger partial charge in [-0.3, -0.25) is 0 Å². The molecule has 0 aliphatic carbocycles. The Bertz CT molecular complexity index is 843. The second kappa shape index (κ2) is 8.22. The number of rotatable bonds is 7. The smallest absolute Gasteiger partial charge is 0.167 e. The molecule has 0 bridgehead atoms. The van der Waals surface area contributed by atoms with Gasteiger partial charge in [-0.15, -0.1) is 10.2 Å². The van der Waals surface area contributed by atoms with Gasteiger partial charge in [0.2, 0.25) is 0 Å². The Kier molecular flexibility index (Phi) is 5.78. The number of benzene rings is 2. The topological polar surface area (TPSA) is 61.2 Å². The zero-order valence-electron chi connectivity index (χ0n) is 13.4. The molecule has 0 saturated carbocycles. The van der Waals surface area contributed by atoms with Crippen molar-refractivity contribution < 1.29 is 9.47 Å². The standard InChI is InChI=1S/C17H16BrClN4O2/c1-24-16-6-5-15(18)14(8-22-23-10-20-21-11-23)17(16)25-9-12-3-2-4-13(19)7-12/h2-7,10-11,22H,8-9H2,1H3. The first-order chi connectivity index (χ1) is 12.2. The van der Waals surface area contributed by atoms with Crippen LogP contribution in [0.1, 0.15) is 11.1 Å². The lowest BCUT2D eigenvalue weighted by Crippen LogP contribution is -2.14. The molecule has 1 heterocycles. The van der Waals surface area contributed by atoms with Gasteiger partial charge in [0.05, 0.1) is 13.7 Å². The fourth-order valence-corrected chi connectivity index (χ4v) is 2.97. The lowest BCUT2D eigenvalue weighted by molar-refractivity contribution is 0.281. The van der Waals surface area contributed by atoms with Gasteiger partial charge in [0.25, 0.3) is 0 Å². The van der Waals surface area contributed by atoms with E-state index in [9.17, 15) is 0 Å². The highest BCUT2D eigenvalue weighted by molar-refractivity contribution is 9.10. The van der Waals surface area contributed by atoms with E-state index in [2.05, 4.69) is 31.6 Å². The van der Waals surface area contributed by atoms with Gasteiger partial charge in [0.15, 0.2) is 11.5 Å². The first-order valence-electron chi connectivity index (χ1n) is 7.48. The highest BCUT2D eigenvalue weighted by atomic mass is 79.9. The molecule has 0 aliphatic heterocycles. The Hall–Kier alpha value is -2.25. The fourth-order valence-electron chi connectivity index (χ4n) is 2.30. The van der Waals surface area contributed by atoms with Crippen LogP contribution in [0, 0.1) is 0 Å². The number of aromatic nitrogens is 3. The molecule has 0 spiro atoms. The van der Waals surface area contributed by atoms with Crippen LogP contribution in [0.15, 0.2) is 53.5 Å². The summed E-state index contributed by atoms with van der Waals surface area (Å²) in [5, 5.41) is 8.21. The van der Waals surface area contributed by atoms with Gasteiger partial charge >= 0.3 is 0 Å². The Morgan fingerprint density at radius 1 is 1.20 bits per heavy atom. The molecular formula is C17H16BrClN4O2. The molecule has 0 atom stereocenters. The van der Waals surface area contributed by atoms with Gasteiger partial charge in [0.1, 0.15) is 19.3 Å². The van der Waals surface area contributed by atoms with Crippen LogP contribution in [0.4, 0.5) is 0 Å². The predicted molar refractivity (Wildman–Crippen MR) is 99.6 cm³/mol. The van der Waals surface area contributed by atoms with Crippen LogP contribution in [0.2, 0.25) is 5.02 Å². The van der Waals surface area contributed by atoms with E-state index >= 15 is 0 Å². The molecule has 0 unspecified atom stereocenters. The van der Waals surface area contributed by atoms with Crippen LogP contribution in [0.3, 0.4) is 0 Å². The summed E-state index contributed by atoms with van der Waals surface area (Å²) in [6.45, 7) is 0.883. The highest BCUT2D eigenvalue weighted by Crippen LogP contribution is 2.37. The summed E-state index contributed by atoms with van der Waals surface area (Å²) in [5.74, 6) is 1.32. The van der Waals surface area contributed by atoms with Gasteiger partial charge in [0, 0.05) is 15.1 Å². The lowest BCUT2D eigenvalue weighted by atomic mass is 10.2. The minimum absolute atomic E-state index is 0.382. The van der Waals surface area contributed by atoms with E-state index in [-0.39, 0.29) is 0 Å². The average molecular weight is 424 g/mol. The van der Waals surface area contributed by atoms with Crippen molar-refractivity contribution in [1.82, 2.24) is 14.9 Å². The summed E-state index contributed by atoms with van der Waals surface area (Å²) in [7, 11) is 1.62. The molecule has 130 valence electrons. The van der Waals surface area contributed by atoms with E-state index in [1.54, 1.807) is 24.4 Å². The van der Waals surface area contributed by atoms with Gasteiger partial charge < -0.3 is 14.9 Å². The fraction of sp³-hybridized carbons (Fsp3) is 0.176. The van der Waals surface area contributed by atoms with Gasteiger partial charge in [-0.25, -0.2) is 4.68 Å². The average Bonchev–Trinajstić information content (AvgIpc) is 3.12. The minimum atomic E-state index is 0.382. The second-order valence-electron chi connectivity index (χ2n) is 5.18. The van der Waals surface area contributed by atoms with E-state index in [1.807, 2.05) is 36.4 Å². The predicted octanol–water partition coefficient (Wildman–Crippen LogP) is 4.03. The number of methoxy groups -OCH3 is 1. The lowest BCUT2D eigenvalue weighted by Gasteiger charge is -2.17. The number of hydrogen-bond donors (Lipinski definition) is 1. The summed E-state index contributed by atoms with van der Waals surface area (Å²) < 4.78 is 14.1. The molecule has 8 heteroatoms. The summed E-state index contributed by atoms with van der Waals surface area (Å²) in [4.78, 5) is 0. The summed E-state index contributed by atoms with van der Waals surface area (Å²) >= 11 is 9.61. The van der Waals surface area contributed by atoms with Crippen molar-refractivity contribution in [3.8, 4) is 11.5 Å². The van der Waals surface area contributed by atoms with Crippen LogP contribution in [0.25, 0.3) is 0 Å². The molecule has 0 radical (unpaired) electrons. The molecule has 6 nitrogen and oxygen atoms in total. The normalized spacial score (nSPS) is 10.5. The highest BCUT2D eigenvalue weighted by Gasteiger charge is 2.15. The van der Waals surface area contributed by atoms with Crippen molar-refractivity contribution in [2.45, 2.75) is 13.2 Å². The molecule has 2 aromatic carbocycles. The molecule has 1 aromatic heterocycles. The summed E-state index contributed by atoms with van der Waals surface area (Å²) in [6.07, 6.45) is 3.17. The molecule has 0 saturated heterocycles. The molecule has 3 aromatic rings. The molecule has 1 N–H and O–H groups in total. The molecule has 0 aliphatic rings. The molecule has 0 fully saturated rings. The van der Waals surface area contributed by atoms with Crippen molar-refractivity contribution in [1.29, 1.82) is 0 Å². The number of ether oxygens (including phenoxy) is 2. The number of hydrogen-bond acceptors (Lipinski definition) is 5. The van der Waals surface area contributed by atoms with E-state index in [1.165, 1.54) is 0 Å². The molecule has 25 heavy (non-hydrogen) atoms. The van der Waals surface area contributed by atoms with E-state index in [0.29, 0.717) is 29.7 Å². The monoisotopic (exact) mass is 422 g/mol. The maximum Gasteiger partial charge on any atom is 0.167 e. The van der Waals surface area contributed by atoms with Crippen molar-refractivity contribution in [2.24, 2.45) is 0 Å². The Morgan fingerprint density at radius 2 is 2.00 bits per heavy atom. The van der Waals surface area contributed by atoms with Crippen molar-refractivity contribution in [3.63, 3.8) is 0 Å². The van der Waals surface area contributed by atoms with Crippen molar-refractivity contribution in [2.75, 3.05) is 12.5 Å². The van der Waals surface area contributed by atoms with Crippen molar-refractivity contribution in [3.05, 3.63) is 69.7 Å². The quantitative estimate of drug-likeness (QED) is 0.622. The summed E-state index contributed by atoms with van der Waals surface area (Å²) in [5.41, 5.74) is 5.09. The van der Waals surface area contributed by atoms with Gasteiger partial charge in [-0.05, 0) is 29.8 Å². The second-order valence-corrected chi connectivity index (χ2v) is 6.47. The number of nitrogens with one attached hydrogen (secondary N) is 1. The zero-order valence-corrected chi connectivity index (χ0v) is 15.8. The maximum absolute atomic E-state index is 6.06. The van der Waals surface area contributed by atoms with Gasteiger partial charge in [-0.1, -0.05) is 39.7 Å². The molecule has 0 amide bonds. The van der Waals surface area contributed by atoms with E-state index in [4.69, 9.17) is 21.1 Å². The third-order valence-electron chi connectivity index (χ3n) is 3.52. The van der Waals surface area contributed by atoms with E-state index in [0.717, 1.165) is 15.6 Å². The van der Waals surface area contributed by atoms with Crippen LogP contribution < -0.4 is 14.9 Å².